The number of hydrogen-bond donors (Lipinski definition) is 1. The van der Waals surface area contributed by atoms with Crippen LogP contribution in [0.25, 0.3) is 0 Å². The Morgan fingerprint density at radius 2 is 1.79 bits per heavy atom. The van der Waals surface area contributed by atoms with Crippen LogP contribution in [0.3, 0.4) is 0 Å². The normalized spacial score (nSPS) is 18.6. The molecule has 2 aliphatic rings. The molecule has 206 valence electrons. The van der Waals surface area contributed by atoms with E-state index in [4.69, 9.17) is 0 Å². The number of halogens is 3. The van der Waals surface area contributed by atoms with Crippen LogP contribution in [0.1, 0.15) is 45.5 Å². The van der Waals surface area contributed by atoms with Crippen molar-refractivity contribution in [2.45, 2.75) is 32.0 Å². The lowest BCUT2D eigenvalue weighted by Crippen LogP contribution is -2.45. The Bertz CT molecular complexity index is 1310. The molecule has 1 amide bonds. The smallest absolute Gasteiger partial charge is 0.364 e. The lowest BCUT2D eigenvalue weighted by molar-refractivity contribution is -0.137. The number of hydrogen-bond acceptors (Lipinski definition) is 6. The third-order valence-corrected chi connectivity index (χ3v) is 7.59. The third kappa shape index (κ3) is 6.57. The lowest BCUT2D eigenvalue weighted by Gasteiger charge is -2.34. The summed E-state index contributed by atoms with van der Waals surface area (Å²) in [4.78, 5) is 28.1. The van der Waals surface area contributed by atoms with Gasteiger partial charge in [0.15, 0.2) is 0 Å². The highest BCUT2D eigenvalue weighted by Crippen LogP contribution is 2.34. The van der Waals surface area contributed by atoms with Crippen molar-refractivity contribution in [3.8, 4) is 0 Å². The standard InChI is InChI=1S/C29H33F3N6O/c1-20-17-38(26-15-33-19-34-16-26)18-23-13-22(3-4-27(20)23)28(39)35-25-12-21(11-24(14-25)29(30,31)32)5-6-37-9-7-36(2)8-10-37/h3-4,11-16,19-20H,5-10,17-18H2,1-2H3,(H,35,39). The maximum Gasteiger partial charge on any atom is 0.416 e. The maximum absolute atomic E-state index is 13.7. The van der Waals surface area contributed by atoms with E-state index in [1.54, 1.807) is 24.5 Å². The van der Waals surface area contributed by atoms with E-state index in [-0.39, 0.29) is 11.6 Å². The van der Waals surface area contributed by atoms with Crippen molar-refractivity contribution in [3.05, 3.63) is 82.9 Å². The number of piperazine rings is 1. The van der Waals surface area contributed by atoms with Crippen molar-refractivity contribution in [1.82, 2.24) is 19.8 Å². The van der Waals surface area contributed by atoms with Gasteiger partial charge in [-0.25, -0.2) is 9.97 Å². The van der Waals surface area contributed by atoms with Gasteiger partial charge in [-0.2, -0.15) is 13.2 Å². The van der Waals surface area contributed by atoms with Crippen LogP contribution in [0.2, 0.25) is 0 Å². The number of carbonyl (C=O) groups is 1. The van der Waals surface area contributed by atoms with Crippen LogP contribution in [0.15, 0.2) is 55.1 Å². The van der Waals surface area contributed by atoms with Crippen LogP contribution in [0.5, 0.6) is 0 Å². The van der Waals surface area contributed by atoms with Crippen molar-refractivity contribution >= 4 is 17.3 Å². The van der Waals surface area contributed by atoms with Crippen LogP contribution in [0, 0.1) is 0 Å². The number of carbonyl (C=O) groups excluding carboxylic acids is 1. The number of anilines is 2. The second kappa shape index (κ2) is 11.3. The second-order valence-corrected chi connectivity index (χ2v) is 10.6. The highest BCUT2D eigenvalue weighted by Gasteiger charge is 2.31. The van der Waals surface area contributed by atoms with Gasteiger partial charge in [-0.15, -0.1) is 0 Å². The topological polar surface area (TPSA) is 64.6 Å². The molecule has 2 aromatic carbocycles. The predicted molar refractivity (Wildman–Crippen MR) is 145 cm³/mol. The summed E-state index contributed by atoms with van der Waals surface area (Å²) in [7, 11) is 2.07. The molecule has 3 heterocycles. The predicted octanol–water partition coefficient (Wildman–Crippen LogP) is 4.66. The van der Waals surface area contributed by atoms with E-state index in [0.29, 0.717) is 30.6 Å². The average molecular weight is 539 g/mol. The zero-order chi connectivity index (χ0) is 27.6. The monoisotopic (exact) mass is 538 g/mol. The molecule has 39 heavy (non-hydrogen) atoms. The Labute approximate surface area is 226 Å². The minimum Gasteiger partial charge on any atom is -0.364 e. The molecule has 3 aromatic rings. The summed E-state index contributed by atoms with van der Waals surface area (Å²) >= 11 is 0. The number of benzene rings is 2. The van der Waals surface area contributed by atoms with E-state index >= 15 is 0 Å². The van der Waals surface area contributed by atoms with Gasteiger partial charge in [-0.05, 0) is 66.4 Å². The molecule has 0 spiro atoms. The molecule has 10 heteroatoms. The fourth-order valence-corrected chi connectivity index (χ4v) is 5.35. The van der Waals surface area contributed by atoms with Crippen molar-refractivity contribution in [2.75, 3.05) is 56.5 Å². The van der Waals surface area contributed by atoms with Crippen LogP contribution >= 0.6 is 0 Å². The number of rotatable bonds is 6. The fourth-order valence-electron chi connectivity index (χ4n) is 5.35. The first-order valence-electron chi connectivity index (χ1n) is 13.2. The number of aromatic nitrogens is 2. The van der Waals surface area contributed by atoms with Gasteiger partial charge in [0.2, 0.25) is 0 Å². The second-order valence-electron chi connectivity index (χ2n) is 10.6. The lowest BCUT2D eigenvalue weighted by atomic mass is 9.89. The van der Waals surface area contributed by atoms with Crippen LogP contribution < -0.4 is 10.2 Å². The molecule has 7 nitrogen and oxygen atoms in total. The minimum absolute atomic E-state index is 0.150. The van der Waals surface area contributed by atoms with Gasteiger partial charge in [-0.3, -0.25) is 4.79 Å². The van der Waals surface area contributed by atoms with E-state index in [2.05, 4.69) is 44.0 Å². The molecule has 2 aliphatic heterocycles. The molecule has 1 atom stereocenters. The van der Waals surface area contributed by atoms with E-state index in [0.717, 1.165) is 55.6 Å². The molecular formula is C29H33F3N6O. The Morgan fingerprint density at radius 1 is 1.05 bits per heavy atom. The highest BCUT2D eigenvalue weighted by molar-refractivity contribution is 6.04. The first-order valence-corrected chi connectivity index (χ1v) is 13.2. The van der Waals surface area contributed by atoms with Gasteiger partial charge in [0, 0.05) is 57.1 Å². The van der Waals surface area contributed by atoms with Crippen LogP contribution in [0.4, 0.5) is 24.5 Å². The average Bonchev–Trinajstić information content (AvgIpc) is 2.92. The molecule has 5 rings (SSSR count). The van der Waals surface area contributed by atoms with E-state index in [9.17, 15) is 18.0 Å². The minimum atomic E-state index is -4.50. The Hall–Kier alpha value is -3.50. The van der Waals surface area contributed by atoms with Gasteiger partial charge < -0.3 is 20.0 Å². The zero-order valence-corrected chi connectivity index (χ0v) is 22.2. The van der Waals surface area contributed by atoms with E-state index in [1.165, 1.54) is 12.4 Å². The molecule has 1 saturated heterocycles. The van der Waals surface area contributed by atoms with Gasteiger partial charge in [-0.1, -0.05) is 13.0 Å². The number of nitrogens with one attached hydrogen (secondary N) is 1. The van der Waals surface area contributed by atoms with E-state index in [1.807, 2.05) is 12.1 Å². The quantitative estimate of drug-likeness (QED) is 0.493. The van der Waals surface area contributed by atoms with Crippen molar-refractivity contribution < 1.29 is 18.0 Å². The molecule has 1 fully saturated rings. The summed E-state index contributed by atoms with van der Waals surface area (Å²) in [6.45, 7) is 7.87. The number of likely N-dealkylation sites (N-methyl/N-ethyl adjacent to an activating group) is 1. The highest BCUT2D eigenvalue weighted by atomic mass is 19.4. The summed E-state index contributed by atoms with van der Waals surface area (Å²) in [5, 5.41) is 2.72. The molecule has 0 radical (unpaired) electrons. The van der Waals surface area contributed by atoms with Gasteiger partial charge >= 0.3 is 6.18 Å². The summed E-state index contributed by atoms with van der Waals surface area (Å²) in [6, 6.07) is 9.37. The molecule has 0 aliphatic carbocycles. The van der Waals surface area contributed by atoms with E-state index < -0.39 is 17.6 Å². The molecule has 1 aromatic heterocycles. The molecule has 1 unspecified atom stereocenters. The Morgan fingerprint density at radius 3 is 2.51 bits per heavy atom. The van der Waals surface area contributed by atoms with Gasteiger partial charge in [0.25, 0.3) is 5.91 Å². The van der Waals surface area contributed by atoms with Gasteiger partial charge in [0.05, 0.1) is 23.6 Å². The SMILES string of the molecule is CC1CN(c2cncnc2)Cc2cc(C(=O)Nc3cc(CCN4CCN(C)CC4)cc(C(F)(F)F)c3)ccc21. The van der Waals surface area contributed by atoms with Crippen molar-refractivity contribution in [1.29, 1.82) is 0 Å². The van der Waals surface area contributed by atoms with Gasteiger partial charge in [0.1, 0.15) is 6.33 Å². The third-order valence-electron chi connectivity index (χ3n) is 7.59. The number of amides is 1. The maximum atomic E-state index is 13.7. The van der Waals surface area contributed by atoms with Crippen molar-refractivity contribution in [2.24, 2.45) is 0 Å². The molecule has 1 N–H and O–H groups in total. The summed E-state index contributed by atoms with van der Waals surface area (Å²) < 4.78 is 41.1. The van der Waals surface area contributed by atoms with Crippen LogP contribution in [-0.4, -0.2) is 72.0 Å². The molecule has 0 saturated carbocycles. The molecular weight excluding hydrogens is 505 g/mol. The summed E-state index contributed by atoms with van der Waals surface area (Å²) in [6.07, 6.45) is 0.980. The Kier molecular flexibility index (Phi) is 7.86. The summed E-state index contributed by atoms with van der Waals surface area (Å²) in [5.41, 5.74) is 3.42. The number of alkyl halides is 3. The van der Waals surface area contributed by atoms with Crippen LogP contribution in [-0.2, 0) is 19.1 Å². The van der Waals surface area contributed by atoms with Crippen molar-refractivity contribution in [3.63, 3.8) is 0 Å². The fraction of sp³-hybridized carbons (Fsp3) is 0.414. The summed E-state index contributed by atoms with van der Waals surface area (Å²) in [5.74, 6) is -0.202. The number of nitrogens with zero attached hydrogens (tertiary/aromatic N) is 5. The largest absolute Gasteiger partial charge is 0.416 e. The first kappa shape index (κ1) is 27.1. The number of fused-ring (bicyclic) bond motifs is 1. The Balaban J connectivity index is 1.33. The zero-order valence-electron chi connectivity index (χ0n) is 22.2. The first-order chi connectivity index (χ1) is 18.7. The molecule has 0 bridgehead atoms.